The Morgan fingerprint density at radius 1 is 1.22 bits per heavy atom. The number of benzene rings is 2. The number of ether oxygens (including phenoxy) is 1. The summed E-state index contributed by atoms with van der Waals surface area (Å²) in [6.07, 6.45) is 3.17. The highest BCUT2D eigenvalue weighted by Crippen LogP contribution is 2.18. The first-order valence-electron chi connectivity index (χ1n) is 7.47. The van der Waals surface area contributed by atoms with E-state index in [1.165, 1.54) is 11.6 Å². The van der Waals surface area contributed by atoms with Crippen LogP contribution in [0.25, 0.3) is 6.08 Å². The molecular formula is C19H20ClNO2. The number of rotatable bonds is 6. The summed E-state index contributed by atoms with van der Waals surface area (Å²) in [6, 6.07) is 13.4. The highest BCUT2D eigenvalue weighted by atomic mass is 35.5. The van der Waals surface area contributed by atoms with Crippen molar-refractivity contribution in [1.82, 2.24) is 5.32 Å². The van der Waals surface area contributed by atoms with Gasteiger partial charge >= 0.3 is 0 Å². The maximum Gasteiger partial charge on any atom is 0.244 e. The van der Waals surface area contributed by atoms with Gasteiger partial charge in [0.05, 0.1) is 6.54 Å². The minimum absolute atomic E-state index is 0.172. The lowest BCUT2D eigenvalue weighted by Crippen LogP contribution is -2.26. The summed E-state index contributed by atoms with van der Waals surface area (Å²) >= 11 is 6.03. The molecule has 0 unspecified atom stereocenters. The van der Waals surface area contributed by atoms with E-state index in [2.05, 4.69) is 11.4 Å². The van der Waals surface area contributed by atoms with Gasteiger partial charge in [-0.05, 0) is 43.2 Å². The fourth-order valence-corrected chi connectivity index (χ4v) is 2.33. The Bertz CT molecular complexity index is 710. The molecule has 0 spiro atoms. The van der Waals surface area contributed by atoms with Gasteiger partial charge < -0.3 is 10.1 Å². The van der Waals surface area contributed by atoms with Crippen molar-refractivity contribution in [2.75, 3.05) is 13.2 Å². The molecule has 0 aliphatic carbocycles. The van der Waals surface area contributed by atoms with E-state index in [4.69, 9.17) is 16.3 Å². The maximum atomic E-state index is 11.8. The van der Waals surface area contributed by atoms with Crippen LogP contribution in [0, 0.1) is 13.8 Å². The lowest BCUT2D eigenvalue weighted by Gasteiger charge is -2.09. The van der Waals surface area contributed by atoms with Crippen molar-refractivity contribution in [2.45, 2.75) is 13.8 Å². The van der Waals surface area contributed by atoms with Gasteiger partial charge in [0.1, 0.15) is 12.4 Å². The molecule has 2 aromatic rings. The van der Waals surface area contributed by atoms with Crippen LogP contribution in [0.1, 0.15) is 16.7 Å². The largest absolute Gasteiger partial charge is 0.491 e. The first-order chi connectivity index (χ1) is 11.1. The monoisotopic (exact) mass is 329 g/mol. The van der Waals surface area contributed by atoms with Crippen LogP contribution in [0.2, 0.25) is 5.02 Å². The summed E-state index contributed by atoms with van der Waals surface area (Å²) in [4.78, 5) is 11.8. The second kappa shape index (κ2) is 8.39. The minimum Gasteiger partial charge on any atom is -0.491 e. The average Bonchev–Trinajstić information content (AvgIpc) is 2.52. The van der Waals surface area contributed by atoms with Crippen LogP contribution in [0.3, 0.4) is 0 Å². The highest BCUT2D eigenvalue weighted by Gasteiger charge is 2.01. The van der Waals surface area contributed by atoms with Gasteiger partial charge in [0, 0.05) is 11.1 Å². The molecule has 0 atom stereocenters. The van der Waals surface area contributed by atoms with E-state index >= 15 is 0 Å². The standard InChI is InChI=1S/C19H20ClNO2/c1-14-7-9-18(15(2)13-14)23-12-11-21-19(22)10-8-16-5-3-4-6-17(16)20/h3-10,13H,11-12H2,1-2H3,(H,21,22)/b10-8+. The van der Waals surface area contributed by atoms with Gasteiger partial charge in [-0.25, -0.2) is 0 Å². The Kier molecular flexibility index (Phi) is 6.24. The SMILES string of the molecule is Cc1ccc(OCCNC(=O)/C=C/c2ccccc2Cl)c(C)c1. The third kappa shape index (κ3) is 5.46. The zero-order valence-corrected chi connectivity index (χ0v) is 14.1. The quantitative estimate of drug-likeness (QED) is 0.638. The number of aryl methyl sites for hydroxylation is 2. The van der Waals surface area contributed by atoms with Crippen LogP contribution >= 0.6 is 11.6 Å². The van der Waals surface area contributed by atoms with Crippen LogP contribution in [-0.2, 0) is 4.79 Å². The zero-order chi connectivity index (χ0) is 16.7. The lowest BCUT2D eigenvalue weighted by atomic mass is 10.1. The third-order valence-electron chi connectivity index (χ3n) is 3.31. The first-order valence-corrected chi connectivity index (χ1v) is 7.84. The van der Waals surface area contributed by atoms with Crippen molar-refractivity contribution in [3.8, 4) is 5.75 Å². The fourth-order valence-electron chi connectivity index (χ4n) is 2.13. The number of hydrogen-bond acceptors (Lipinski definition) is 2. The molecule has 0 aliphatic heterocycles. The first kappa shape index (κ1) is 17.1. The molecule has 0 saturated carbocycles. The molecule has 0 aromatic heterocycles. The molecule has 1 N–H and O–H groups in total. The number of nitrogens with one attached hydrogen (secondary N) is 1. The Balaban J connectivity index is 1.76. The predicted octanol–water partition coefficient (Wildman–Crippen LogP) is 4.17. The number of halogens is 1. The number of carbonyl (C=O) groups is 1. The number of carbonyl (C=O) groups excluding carboxylic acids is 1. The topological polar surface area (TPSA) is 38.3 Å². The van der Waals surface area contributed by atoms with E-state index in [-0.39, 0.29) is 5.91 Å². The van der Waals surface area contributed by atoms with Crippen LogP contribution in [0.15, 0.2) is 48.5 Å². The summed E-state index contributed by atoms with van der Waals surface area (Å²) in [6.45, 7) is 4.92. The smallest absolute Gasteiger partial charge is 0.244 e. The van der Waals surface area contributed by atoms with E-state index in [0.717, 1.165) is 16.9 Å². The highest BCUT2D eigenvalue weighted by molar-refractivity contribution is 6.32. The molecule has 0 fully saturated rings. The molecule has 0 aliphatic rings. The van der Waals surface area contributed by atoms with Crippen molar-refractivity contribution in [3.63, 3.8) is 0 Å². The molecule has 0 radical (unpaired) electrons. The van der Waals surface area contributed by atoms with E-state index in [9.17, 15) is 4.79 Å². The van der Waals surface area contributed by atoms with Gasteiger partial charge in [-0.1, -0.05) is 47.5 Å². The molecule has 4 heteroatoms. The number of hydrogen-bond donors (Lipinski definition) is 1. The summed E-state index contributed by atoms with van der Waals surface area (Å²) < 4.78 is 5.66. The molecule has 120 valence electrons. The minimum atomic E-state index is -0.172. The van der Waals surface area contributed by atoms with Crippen molar-refractivity contribution in [3.05, 3.63) is 70.3 Å². The van der Waals surface area contributed by atoms with Crippen molar-refractivity contribution >= 4 is 23.6 Å². The second-order valence-electron chi connectivity index (χ2n) is 5.26. The van der Waals surface area contributed by atoms with Crippen molar-refractivity contribution in [1.29, 1.82) is 0 Å². The number of amides is 1. The van der Waals surface area contributed by atoms with Crippen LogP contribution in [0.5, 0.6) is 5.75 Å². The van der Waals surface area contributed by atoms with E-state index in [0.29, 0.717) is 18.2 Å². The molecule has 0 heterocycles. The average molecular weight is 330 g/mol. The van der Waals surface area contributed by atoms with Gasteiger partial charge in [-0.2, -0.15) is 0 Å². The van der Waals surface area contributed by atoms with Gasteiger partial charge in [-0.3, -0.25) is 4.79 Å². The van der Waals surface area contributed by atoms with E-state index < -0.39 is 0 Å². The maximum absolute atomic E-state index is 11.8. The van der Waals surface area contributed by atoms with E-state index in [1.54, 1.807) is 12.1 Å². The van der Waals surface area contributed by atoms with E-state index in [1.807, 2.05) is 44.2 Å². The molecule has 23 heavy (non-hydrogen) atoms. The molecule has 1 amide bonds. The van der Waals surface area contributed by atoms with Crippen LogP contribution in [-0.4, -0.2) is 19.1 Å². The van der Waals surface area contributed by atoms with Gasteiger partial charge in [0.25, 0.3) is 0 Å². The molecule has 2 aromatic carbocycles. The van der Waals surface area contributed by atoms with Crippen LogP contribution < -0.4 is 10.1 Å². The Morgan fingerprint density at radius 3 is 2.74 bits per heavy atom. The Hall–Kier alpha value is -2.26. The molecule has 3 nitrogen and oxygen atoms in total. The van der Waals surface area contributed by atoms with Crippen molar-refractivity contribution < 1.29 is 9.53 Å². The zero-order valence-electron chi connectivity index (χ0n) is 13.3. The second-order valence-corrected chi connectivity index (χ2v) is 5.67. The molecular weight excluding hydrogens is 310 g/mol. The lowest BCUT2D eigenvalue weighted by molar-refractivity contribution is -0.116. The van der Waals surface area contributed by atoms with Gasteiger partial charge in [0.15, 0.2) is 0 Å². The third-order valence-corrected chi connectivity index (χ3v) is 3.65. The Morgan fingerprint density at radius 2 is 2.00 bits per heavy atom. The molecule has 0 saturated heterocycles. The Labute approximate surface area is 141 Å². The molecule has 2 rings (SSSR count). The summed E-state index contributed by atoms with van der Waals surface area (Å²) in [5.74, 6) is 0.672. The van der Waals surface area contributed by atoms with Crippen molar-refractivity contribution in [2.24, 2.45) is 0 Å². The van der Waals surface area contributed by atoms with Crippen LogP contribution in [0.4, 0.5) is 0 Å². The molecule has 0 bridgehead atoms. The van der Waals surface area contributed by atoms with Gasteiger partial charge in [-0.15, -0.1) is 0 Å². The van der Waals surface area contributed by atoms with Gasteiger partial charge in [0.2, 0.25) is 5.91 Å². The summed E-state index contributed by atoms with van der Waals surface area (Å²) in [7, 11) is 0. The normalized spacial score (nSPS) is 10.7. The predicted molar refractivity (Wildman–Crippen MR) is 94.9 cm³/mol. The summed E-state index contributed by atoms with van der Waals surface area (Å²) in [5.41, 5.74) is 3.11. The fraction of sp³-hybridized carbons (Fsp3) is 0.211. The summed E-state index contributed by atoms with van der Waals surface area (Å²) in [5, 5.41) is 3.40.